The van der Waals surface area contributed by atoms with Crippen LogP contribution >= 0.6 is 0 Å². The van der Waals surface area contributed by atoms with Crippen molar-refractivity contribution in [3.05, 3.63) is 17.3 Å². The molecule has 0 saturated carbocycles. The minimum absolute atomic E-state index is 0.127. The maximum Gasteiger partial charge on any atom is 0.315 e. The highest BCUT2D eigenvalue weighted by atomic mass is 16.4. The van der Waals surface area contributed by atoms with Crippen LogP contribution in [0.2, 0.25) is 0 Å². The first-order chi connectivity index (χ1) is 6.99. The number of amides is 2. The summed E-state index contributed by atoms with van der Waals surface area (Å²) in [7, 11) is 0. The molecule has 0 aliphatic heterocycles. The van der Waals surface area contributed by atoms with E-state index in [0.717, 1.165) is 5.69 Å². The Kier molecular flexibility index (Phi) is 3.71. The second-order valence-electron chi connectivity index (χ2n) is 3.72. The van der Waals surface area contributed by atoms with Gasteiger partial charge in [0, 0.05) is 13.0 Å². The molecule has 15 heavy (non-hydrogen) atoms. The monoisotopic (exact) mass is 211 g/mol. The molecule has 84 valence electrons. The summed E-state index contributed by atoms with van der Waals surface area (Å²) in [6.07, 6.45) is 0. The first-order valence-corrected chi connectivity index (χ1v) is 4.96. The summed E-state index contributed by atoms with van der Waals surface area (Å²) in [5, 5.41) is 5.43. The molecular weight excluding hydrogens is 194 g/mol. The summed E-state index contributed by atoms with van der Waals surface area (Å²) in [6, 6.07) is -0.0685. The SMILES string of the molecule is Cc1nc(C)c(CNC(=O)NC(C)C)o1. The van der Waals surface area contributed by atoms with Crippen molar-refractivity contribution < 1.29 is 9.21 Å². The van der Waals surface area contributed by atoms with E-state index in [1.54, 1.807) is 6.92 Å². The molecule has 0 aliphatic carbocycles. The first kappa shape index (κ1) is 11.6. The summed E-state index contributed by atoms with van der Waals surface area (Å²) in [4.78, 5) is 15.4. The summed E-state index contributed by atoms with van der Waals surface area (Å²) in [6.45, 7) is 7.82. The lowest BCUT2D eigenvalue weighted by Gasteiger charge is -2.08. The van der Waals surface area contributed by atoms with Crippen LogP contribution in [0.3, 0.4) is 0 Å². The number of oxazole rings is 1. The molecule has 0 aromatic carbocycles. The van der Waals surface area contributed by atoms with Crippen LogP contribution in [-0.4, -0.2) is 17.1 Å². The number of aryl methyl sites for hydroxylation is 2. The molecule has 2 amide bonds. The summed E-state index contributed by atoms with van der Waals surface area (Å²) in [5.41, 5.74) is 0.817. The van der Waals surface area contributed by atoms with E-state index in [2.05, 4.69) is 15.6 Å². The van der Waals surface area contributed by atoms with Crippen molar-refractivity contribution in [3.63, 3.8) is 0 Å². The standard InChI is InChI=1S/C10H17N3O2/c1-6(2)12-10(14)11-5-9-7(3)13-8(4)15-9/h6H,5H2,1-4H3,(H2,11,12,14). The van der Waals surface area contributed by atoms with E-state index in [1.165, 1.54) is 0 Å². The van der Waals surface area contributed by atoms with Crippen LogP contribution in [0.1, 0.15) is 31.2 Å². The number of rotatable bonds is 3. The average Bonchev–Trinajstić information content (AvgIpc) is 2.40. The number of nitrogens with one attached hydrogen (secondary N) is 2. The summed E-state index contributed by atoms with van der Waals surface area (Å²) < 4.78 is 5.32. The van der Waals surface area contributed by atoms with E-state index in [-0.39, 0.29) is 12.1 Å². The van der Waals surface area contributed by atoms with Crippen LogP contribution in [-0.2, 0) is 6.54 Å². The maximum atomic E-state index is 11.3. The van der Waals surface area contributed by atoms with Crippen LogP contribution in [0.25, 0.3) is 0 Å². The molecule has 5 heteroatoms. The molecule has 0 spiro atoms. The van der Waals surface area contributed by atoms with Gasteiger partial charge in [-0.2, -0.15) is 0 Å². The maximum absolute atomic E-state index is 11.3. The second-order valence-corrected chi connectivity index (χ2v) is 3.72. The van der Waals surface area contributed by atoms with Gasteiger partial charge in [0.05, 0.1) is 12.2 Å². The average molecular weight is 211 g/mol. The second kappa shape index (κ2) is 4.82. The van der Waals surface area contributed by atoms with Crippen molar-refractivity contribution in [2.75, 3.05) is 0 Å². The quantitative estimate of drug-likeness (QED) is 0.796. The number of aromatic nitrogens is 1. The molecule has 2 N–H and O–H groups in total. The minimum Gasteiger partial charge on any atom is -0.444 e. The molecule has 0 radical (unpaired) electrons. The zero-order valence-corrected chi connectivity index (χ0v) is 9.55. The van der Waals surface area contributed by atoms with E-state index >= 15 is 0 Å². The zero-order valence-electron chi connectivity index (χ0n) is 9.55. The van der Waals surface area contributed by atoms with E-state index in [0.29, 0.717) is 18.2 Å². The number of nitrogens with zero attached hydrogens (tertiary/aromatic N) is 1. The molecule has 0 aliphatic rings. The van der Waals surface area contributed by atoms with Crippen molar-refractivity contribution in [2.45, 2.75) is 40.3 Å². The van der Waals surface area contributed by atoms with Gasteiger partial charge in [-0.25, -0.2) is 9.78 Å². The fourth-order valence-corrected chi connectivity index (χ4v) is 1.21. The van der Waals surface area contributed by atoms with Crippen LogP contribution in [0.4, 0.5) is 4.79 Å². The molecule has 0 fully saturated rings. The van der Waals surface area contributed by atoms with Gasteiger partial charge in [-0.05, 0) is 20.8 Å². The number of carbonyl (C=O) groups is 1. The van der Waals surface area contributed by atoms with Crippen LogP contribution in [0.5, 0.6) is 0 Å². The van der Waals surface area contributed by atoms with Gasteiger partial charge in [-0.1, -0.05) is 0 Å². The normalized spacial score (nSPS) is 10.5. The van der Waals surface area contributed by atoms with Gasteiger partial charge < -0.3 is 15.1 Å². The lowest BCUT2D eigenvalue weighted by molar-refractivity contribution is 0.237. The molecule has 0 saturated heterocycles. The number of carbonyl (C=O) groups excluding carboxylic acids is 1. The number of urea groups is 1. The third kappa shape index (κ3) is 3.61. The summed E-state index contributed by atoms with van der Waals surface area (Å²) in [5.74, 6) is 1.32. The Bertz CT molecular complexity index is 344. The van der Waals surface area contributed by atoms with Crippen molar-refractivity contribution in [1.29, 1.82) is 0 Å². The Labute approximate surface area is 89.3 Å². The molecule has 1 aromatic rings. The predicted octanol–water partition coefficient (Wildman–Crippen LogP) is 1.50. The largest absolute Gasteiger partial charge is 0.444 e. The Balaban J connectivity index is 2.43. The van der Waals surface area contributed by atoms with Gasteiger partial charge in [-0.15, -0.1) is 0 Å². The fourth-order valence-electron chi connectivity index (χ4n) is 1.21. The molecule has 0 atom stereocenters. The predicted molar refractivity (Wildman–Crippen MR) is 56.5 cm³/mol. The molecule has 0 bridgehead atoms. The van der Waals surface area contributed by atoms with E-state index in [9.17, 15) is 4.79 Å². The van der Waals surface area contributed by atoms with Crippen LogP contribution < -0.4 is 10.6 Å². The Morgan fingerprint density at radius 3 is 2.60 bits per heavy atom. The van der Waals surface area contributed by atoms with Gasteiger partial charge in [0.2, 0.25) is 0 Å². The molecule has 5 nitrogen and oxygen atoms in total. The van der Waals surface area contributed by atoms with Gasteiger partial charge in [0.15, 0.2) is 5.89 Å². The molecule has 1 rings (SSSR count). The third-order valence-corrected chi connectivity index (χ3v) is 1.83. The third-order valence-electron chi connectivity index (χ3n) is 1.83. The van der Waals surface area contributed by atoms with Crippen LogP contribution in [0.15, 0.2) is 4.42 Å². The number of hydrogen-bond acceptors (Lipinski definition) is 3. The van der Waals surface area contributed by atoms with E-state index in [4.69, 9.17) is 4.42 Å². The lowest BCUT2D eigenvalue weighted by atomic mass is 10.3. The highest BCUT2D eigenvalue weighted by Gasteiger charge is 2.08. The van der Waals surface area contributed by atoms with Crippen LogP contribution in [0, 0.1) is 13.8 Å². The highest BCUT2D eigenvalue weighted by molar-refractivity contribution is 5.73. The smallest absolute Gasteiger partial charge is 0.315 e. The molecule has 0 unspecified atom stereocenters. The molecular formula is C10H17N3O2. The van der Waals surface area contributed by atoms with Gasteiger partial charge >= 0.3 is 6.03 Å². The zero-order chi connectivity index (χ0) is 11.4. The topological polar surface area (TPSA) is 67.2 Å². The Morgan fingerprint density at radius 1 is 1.47 bits per heavy atom. The molecule has 1 heterocycles. The van der Waals surface area contributed by atoms with Gasteiger partial charge in [0.25, 0.3) is 0 Å². The summed E-state index contributed by atoms with van der Waals surface area (Å²) >= 11 is 0. The lowest BCUT2D eigenvalue weighted by Crippen LogP contribution is -2.39. The van der Waals surface area contributed by atoms with Crippen molar-refractivity contribution in [3.8, 4) is 0 Å². The van der Waals surface area contributed by atoms with E-state index < -0.39 is 0 Å². The molecule has 1 aromatic heterocycles. The fraction of sp³-hybridized carbons (Fsp3) is 0.600. The Morgan fingerprint density at radius 2 is 2.13 bits per heavy atom. The van der Waals surface area contributed by atoms with E-state index in [1.807, 2.05) is 20.8 Å². The van der Waals surface area contributed by atoms with Gasteiger partial charge in [-0.3, -0.25) is 0 Å². The van der Waals surface area contributed by atoms with Crippen molar-refractivity contribution >= 4 is 6.03 Å². The van der Waals surface area contributed by atoms with Crippen molar-refractivity contribution in [2.24, 2.45) is 0 Å². The van der Waals surface area contributed by atoms with Gasteiger partial charge in [0.1, 0.15) is 5.76 Å². The van der Waals surface area contributed by atoms with Crippen molar-refractivity contribution in [1.82, 2.24) is 15.6 Å². The number of hydrogen-bond donors (Lipinski definition) is 2. The minimum atomic E-state index is -0.196. The Hall–Kier alpha value is -1.52. The first-order valence-electron chi connectivity index (χ1n) is 4.96. The highest BCUT2D eigenvalue weighted by Crippen LogP contribution is 2.08.